The number of nitrogens with one attached hydrogen (secondary N) is 1. The number of halogens is 1. The molecule has 9 heteroatoms. The van der Waals surface area contributed by atoms with E-state index in [2.05, 4.69) is 5.32 Å². The largest absolute Gasteiger partial charge is 0.490 e. The van der Waals surface area contributed by atoms with Crippen LogP contribution in [0.25, 0.3) is 6.08 Å². The summed E-state index contributed by atoms with van der Waals surface area (Å²) >= 11 is 6.63. The van der Waals surface area contributed by atoms with Crippen molar-refractivity contribution in [2.75, 3.05) is 18.5 Å². The number of carbonyl (C=O) groups is 3. The summed E-state index contributed by atoms with van der Waals surface area (Å²) in [7, 11) is 0. The average Bonchev–Trinajstić information content (AvgIpc) is 3.04. The minimum absolute atomic E-state index is 0.0329. The zero-order valence-corrected chi connectivity index (χ0v) is 20.2. The van der Waals surface area contributed by atoms with Gasteiger partial charge in [-0.1, -0.05) is 24.6 Å². The van der Waals surface area contributed by atoms with Gasteiger partial charge in [-0.3, -0.25) is 19.3 Å². The molecule has 1 aliphatic heterocycles. The van der Waals surface area contributed by atoms with E-state index in [4.69, 9.17) is 21.1 Å². The smallest absolute Gasteiger partial charge is 0.294 e. The second-order valence-electron chi connectivity index (χ2n) is 7.30. The molecular formula is C24H25ClN2O5S. The second kappa shape index (κ2) is 11.2. The first-order valence-electron chi connectivity index (χ1n) is 10.5. The van der Waals surface area contributed by atoms with E-state index in [1.54, 1.807) is 48.5 Å². The van der Waals surface area contributed by atoms with Gasteiger partial charge < -0.3 is 14.8 Å². The van der Waals surface area contributed by atoms with Crippen molar-refractivity contribution < 1.29 is 23.9 Å². The quantitative estimate of drug-likeness (QED) is 0.463. The molecule has 0 aromatic heterocycles. The van der Waals surface area contributed by atoms with Crippen LogP contribution < -0.4 is 14.8 Å². The van der Waals surface area contributed by atoms with Crippen molar-refractivity contribution in [2.45, 2.75) is 33.3 Å². The van der Waals surface area contributed by atoms with Gasteiger partial charge >= 0.3 is 0 Å². The Balaban J connectivity index is 1.72. The molecule has 0 bridgehead atoms. The van der Waals surface area contributed by atoms with Crippen molar-refractivity contribution in [1.82, 2.24) is 4.90 Å². The third-order valence-corrected chi connectivity index (χ3v) is 5.93. The molecular weight excluding hydrogens is 464 g/mol. The number of carbonyl (C=O) groups excluding carboxylic acids is 3. The Morgan fingerprint density at radius 2 is 1.88 bits per heavy atom. The predicted molar refractivity (Wildman–Crippen MR) is 131 cm³/mol. The van der Waals surface area contributed by atoms with Crippen molar-refractivity contribution >= 4 is 52.2 Å². The number of thioether (sulfide) groups is 1. The summed E-state index contributed by atoms with van der Waals surface area (Å²) in [5.74, 6) is 0.184. The standard InChI is InChI=1S/C24H25ClN2O5S/c1-4-15(3)32-19-11-6-16(12-20(19)31-5-2)13-21-23(29)27(24(30)33-21)14-22(28)26-18-9-7-17(25)8-10-18/h6-13,15H,4-5,14H2,1-3H3,(H,26,28)/b21-13+/t15-/m1/s1. The molecule has 1 aliphatic rings. The van der Waals surface area contributed by atoms with Crippen LogP contribution in [0.5, 0.6) is 11.5 Å². The number of ether oxygens (including phenoxy) is 2. The molecule has 2 aromatic rings. The van der Waals surface area contributed by atoms with Crippen LogP contribution in [-0.2, 0) is 9.59 Å². The van der Waals surface area contributed by atoms with Crippen LogP contribution in [0.4, 0.5) is 10.5 Å². The number of rotatable bonds is 9. The molecule has 2 aromatic carbocycles. The zero-order valence-electron chi connectivity index (χ0n) is 18.6. The first-order valence-corrected chi connectivity index (χ1v) is 11.7. The van der Waals surface area contributed by atoms with Crippen LogP contribution in [0, 0.1) is 0 Å². The molecule has 33 heavy (non-hydrogen) atoms. The van der Waals surface area contributed by atoms with Crippen molar-refractivity contribution in [3.63, 3.8) is 0 Å². The van der Waals surface area contributed by atoms with Crippen LogP contribution in [0.15, 0.2) is 47.4 Å². The highest BCUT2D eigenvalue weighted by molar-refractivity contribution is 8.18. The predicted octanol–water partition coefficient (Wildman–Crippen LogP) is 5.59. The fourth-order valence-corrected chi connectivity index (χ4v) is 3.91. The highest BCUT2D eigenvalue weighted by Crippen LogP contribution is 2.35. The summed E-state index contributed by atoms with van der Waals surface area (Å²) in [5.41, 5.74) is 1.21. The Morgan fingerprint density at radius 1 is 1.15 bits per heavy atom. The Kier molecular flexibility index (Phi) is 8.41. The van der Waals surface area contributed by atoms with Gasteiger partial charge in [-0.15, -0.1) is 0 Å². The molecule has 1 fully saturated rings. The van der Waals surface area contributed by atoms with Crippen LogP contribution in [0.3, 0.4) is 0 Å². The summed E-state index contributed by atoms with van der Waals surface area (Å²) in [5, 5.41) is 2.68. The summed E-state index contributed by atoms with van der Waals surface area (Å²) < 4.78 is 11.6. The Labute approximate surface area is 202 Å². The van der Waals surface area contributed by atoms with E-state index < -0.39 is 17.1 Å². The average molecular weight is 489 g/mol. The number of imide groups is 1. The monoisotopic (exact) mass is 488 g/mol. The van der Waals surface area contributed by atoms with Crippen molar-refractivity contribution in [2.24, 2.45) is 0 Å². The van der Waals surface area contributed by atoms with Gasteiger partial charge in [0.2, 0.25) is 5.91 Å². The van der Waals surface area contributed by atoms with E-state index in [-0.39, 0.29) is 17.6 Å². The molecule has 0 unspecified atom stereocenters. The van der Waals surface area contributed by atoms with Crippen LogP contribution >= 0.6 is 23.4 Å². The molecule has 1 saturated heterocycles. The Hall–Kier alpha value is -2.97. The van der Waals surface area contributed by atoms with Crippen molar-refractivity contribution in [1.29, 1.82) is 0 Å². The number of benzene rings is 2. The lowest BCUT2D eigenvalue weighted by Gasteiger charge is -2.16. The molecule has 0 saturated carbocycles. The van der Waals surface area contributed by atoms with Gasteiger partial charge in [0.1, 0.15) is 6.54 Å². The lowest BCUT2D eigenvalue weighted by Crippen LogP contribution is -2.36. The molecule has 3 rings (SSSR count). The minimum Gasteiger partial charge on any atom is -0.490 e. The molecule has 174 valence electrons. The van der Waals surface area contributed by atoms with Gasteiger partial charge in [-0.25, -0.2) is 0 Å². The van der Waals surface area contributed by atoms with Gasteiger partial charge in [0.25, 0.3) is 11.1 Å². The van der Waals surface area contributed by atoms with Gasteiger partial charge in [0.15, 0.2) is 11.5 Å². The molecule has 0 spiro atoms. The van der Waals surface area contributed by atoms with Crippen LogP contribution in [0.1, 0.15) is 32.8 Å². The summed E-state index contributed by atoms with van der Waals surface area (Å²) in [6.07, 6.45) is 2.49. The fraction of sp³-hybridized carbons (Fsp3) is 0.292. The van der Waals surface area contributed by atoms with Gasteiger partial charge in [-0.2, -0.15) is 0 Å². The SMILES string of the molecule is CCOc1cc(/C=C2/SC(=O)N(CC(=O)Nc3ccc(Cl)cc3)C2=O)ccc1O[C@H](C)CC. The van der Waals surface area contributed by atoms with Gasteiger partial charge in [0, 0.05) is 10.7 Å². The highest BCUT2D eigenvalue weighted by atomic mass is 35.5. The molecule has 3 amide bonds. The fourth-order valence-electron chi connectivity index (χ4n) is 2.95. The molecule has 0 radical (unpaired) electrons. The van der Waals surface area contributed by atoms with Crippen LogP contribution in [0.2, 0.25) is 5.02 Å². The first-order chi connectivity index (χ1) is 15.8. The third kappa shape index (κ3) is 6.52. The Bertz CT molecular complexity index is 1070. The topological polar surface area (TPSA) is 84.9 Å². The molecule has 1 N–H and O–H groups in total. The normalized spacial score (nSPS) is 15.6. The number of amides is 3. The minimum atomic E-state index is -0.519. The van der Waals surface area contributed by atoms with Crippen LogP contribution in [-0.4, -0.2) is 41.2 Å². The Morgan fingerprint density at radius 3 is 2.55 bits per heavy atom. The molecule has 7 nitrogen and oxygen atoms in total. The summed E-state index contributed by atoms with van der Waals surface area (Å²) in [6, 6.07) is 11.9. The highest BCUT2D eigenvalue weighted by Gasteiger charge is 2.36. The third-order valence-electron chi connectivity index (χ3n) is 4.77. The van der Waals surface area contributed by atoms with E-state index in [1.807, 2.05) is 20.8 Å². The zero-order chi connectivity index (χ0) is 24.0. The lowest BCUT2D eigenvalue weighted by molar-refractivity contribution is -0.127. The van der Waals surface area contributed by atoms with Crippen molar-refractivity contribution in [3.8, 4) is 11.5 Å². The maximum atomic E-state index is 12.8. The maximum Gasteiger partial charge on any atom is 0.294 e. The van der Waals surface area contributed by atoms with Gasteiger partial charge in [0.05, 0.1) is 17.6 Å². The van der Waals surface area contributed by atoms with E-state index >= 15 is 0 Å². The second-order valence-corrected chi connectivity index (χ2v) is 8.73. The molecule has 1 heterocycles. The lowest BCUT2D eigenvalue weighted by atomic mass is 10.1. The maximum absolute atomic E-state index is 12.8. The first kappa shape index (κ1) is 24.7. The molecule has 0 aliphatic carbocycles. The van der Waals surface area contributed by atoms with E-state index in [0.29, 0.717) is 34.4 Å². The number of hydrogen-bond acceptors (Lipinski definition) is 6. The van der Waals surface area contributed by atoms with E-state index in [0.717, 1.165) is 23.1 Å². The van der Waals surface area contributed by atoms with Gasteiger partial charge in [-0.05, 0) is 80.1 Å². The number of hydrogen-bond donors (Lipinski definition) is 1. The summed E-state index contributed by atoms with van der Waals surface area (Å²) in [4.78, 5) is 38.6. The molecule has 1 atom stereocenters. The summed E-state index contributed by atoms with van der Waals surface area (Å²) in [6.45, 7) is 5.96. The van der Waals surface area contributed by atoms with E-state index in [1.165, 1.54) is 0 Å². The van der Waals surface area contributed by atoms with E-state index in [9.17, 15) is 14.4 Å². The number of anilines is 1. The number of nitrogens with zero attached hydrogens (tertiary/aromatic N) is 1. The van der Waals surface area contributed by atoms with Crippen molar-refractivity contribution in [3.05, 3.63) is 58.0 Å².